The summed E-state index contributed by atoms with van der Waals surface area (Å²) >= 11 is 0. The average molecular weight is 540 g/mol. The van der Waals surface area contributed by atoms with E-state index in [0.29, 0.717) is 54.9 Å². The zero-order chi connectivity index (χ0) is 27.1. The van der Waals surface area contributed by atoms with E-state index in [2.05, 4.69) is 5.10 Å². The van der Waals surface area contributed by atoms with Crippen LogP contribution < -0.4 is 9.91 Å². The molecule has 3 aliphatic rings. The normalized spacial score (nSPS) is 20.5. The number of carbonyl (C=O) groups is 1. The molecule has 0 saturated carbocycles. The van der Waals surface area contributed by atoms with Gasteiger partial charge in [0.15, 0.2) is 29.1 Å². The maximum atomic E-state index is 15.8. The minimum Gasteiger partial charge on any atom is -0.366 e. The monoisotopic (exact) mass is 539 g/mol. The molecule has 10 heteroatoms. The fraction of sp³-hybridized carbons (Fsp3) is 0.310. The SMILES string of the molecule is O=Cc1ccc(N2N=C(c3ccccc3)CC2c2c(F)c(F)c(N3CCC4(CC3)OCCO4)c(F)c2F)cc1. The van der Waals surface area contributed by atoms with Crippen LogP contribution in [0.15, 0.2) is 59.7 Å². The molecule has 202 valence electrons. The third-order valence-corrected chi connectivity index (χ3v) is 7.57. The standard InChI is InChI=1S/C29H25F4N3O3/c30-24-23(25(31)27(33)28(26(24)32)35-12-10-29(11-13-35)38-14-15-39-29)22-16-21(19-4-2-1-3-5-19)34-36(22)20-8-6-18(17-37)7-9-20/h1-9,17,22H,10-16H2. The number of halogens is 4. The topological polar surface area (TPSA) is 54.4 Å². The molecular formula is C29H25F4N3O3. The minimum atomic E-state index is -1.46. The summed E-state index contributed by atoms with van der Waals surface area (Å²) in [6.45, 7) is 1.10. The molecule has 1 spiro atoms. The number of hydrazone groups is 1. The summed E-state index contributed by atoms with van der Waals surface area (Å²) in [5, 5.41) is 5.93. The van der Waals surface area contributed by atoms with Crippen LogP contribution in [0.3, 0.4) is 0 Å². The Bertz CT molecular complexity index is 1390. The van der Waals surface area contributed by atoms with Crippen molar-refractivity contribution >= 4 is 23.4 Å². The van der Waals surface area contributed by atoms with Crippen molar-refractivity contribution in [2.45, 2.75) is 31.1 Å². The zero-order valence-electron chi connectivity index (χ0n) is 20.9. The van der Waals surface area contributed by atoms with Crippen LogP contribution in [0.5, 0.6) is 0 Å². The van der Waals surface area contributed by atoms with Gasteiger partial charge in [-0.1, -0.05) is 30.3 Å². The maximum Gasteiger partial charge on any atom is 0.185 e. The van der Waals surface area contributed by atoms with Crippen molar-refractivity contribution in [1.82, 2.24) is 0 Å². The van der Waals surface area contributed by atoms with Crippen molar-refractivity contribution in [2.75, 3.05) is 36.2 Å². The van der Waals surface area contributed by atoms with Gasteiger partial charge in [-0.05, 0) is 29.8 Å². The Hall–Kier alpha value is -3.76. The molecule has 3 aromatic rings. The molecule has 6 nitrogen and oxygen atoms in total. The second-order valence-electron chi connectivity index (χ2n) is 9.80. The van der Waals surface area contributed by atoms with Gasteiger partial charge in [-0.3, -0.25) is 9.80 Å². The predicted octanol–water partition coefficient (Wildman–Crippen LogP) is 5.75. The average Bonchev–Trinajstić information content (AvgIpc) is 3.62. The van der Waals surface area contributed by atoms with Crippen LogP contribution in [0.25, 0.3) is 0 Å². The van der Waals surface area contributed by atoms with Crippen molar-refractivity contribution in [3.8, 4) is 0 Å². The van der Waals surface area contributed by atoms with Gasteiger partial charge >= 0.3 is 0 Å². The predicted molar refractivity (Wildman–Crippen MR) is 137 cm³/mol. The van der Waals surface area contributed by atoms with Crippen LogP contribution in [0.2, 0.25) is 0 Å². The van der Waals surface area contributed by atoms with Gasteiger partial charge in [0.05, 0.1) is 36.2 Å². The number of anilines is 2. The molecule has 2 fully saturated rings. The molecule has 0 aliphatic carbocycles. The van der Waals surface area contributed by atoms with E-state index in [0.717, 1.165) is 0 Å². The third kappa shape index (κ3) is 4.47. The fourth-order valence-corrected chi connectivity index (χ4v) is 5.55. The lowest BCUT2D eigenvalue weighted by Gasteiger charge is -2.39. The summed E-state index contributed by atoms with van der Waals surface area (Å²) in [6, 6.07) is 14.1. The van der Waals surface area contributed by atoms with Crippen molar-refractivity contribution in [3.05, 3.63) is 94.6 Å². The van der Waals surface area contributed by atoms with Gasteiger partial charge in [0.25, 0.3) is 0 Å². The van der Waals surface area contributed by atoms with E-state index < -0.39 is 46.3 Å². The second kappa shape index (κ2) is 10.1. The lowest BCUT2D eigenvalue weighted by atomic mass is 9.95. The molecular weight excluding hydrogens is 514 g/mol. The van der Waals surface area contributed by atoms with Crippen LogP contribution in [-0.2, 0) is 9.47 Å². The maximum absolute atomic E-state index is 15.8. The summed E-state index contributed by atoms with van der Waals surface area (Å²) in [7, 11) is 0. The van der Waals surface area contributed by atoms with E-state index in [4.69, 9.17) is 9.47 Å². The van der Waals surface area contributed by atoms with Gasteiger partial charge in [0.1, 0.15) is 12.0 Å². The highest BCUT2D eigenvalue weighted by Gasteiger charge is 2.43. The first-order valence-corrected chi connectivity index (χ1v) is 12.8. The Labute approximate surface area is 222 Å². The van der Waals surface area contributed by atoms with Crippen molar-refractivity contribution in [1.29, 1.82) is 0 Å². The van der Waals surface area contributed by atoms with Crippen LogP contribution in [0.4, 0.5) is 28.9 Å². The van der Waals surface area contributed by atoms with Crippen LogP contribution >= 0.6 is 0 Å². The molecule has 0 N–H and O–H groups in total. The molecule has 0 amide bonds. The molecule has 2 saturated heterocycles. The summed E-state index contributed by atoms with van der Waals surface area (Å²) in [5.41, 5.74) is 0.563. The largest absolute Gasteiger partial charge is 0.366 e. The second-order valence-corrected chi connectivity index (χ2v) is 9.80. The molecule has 1 atom stereocenters. The van der Waals surface area contributed by atoms with Crippen LogP contribution in [0, 0.1) is 23.3 Å². The first kappa shape index (κ1) is 25.5. The van der Waals surface area contributed by atoms with E-state index in [9.17, 15) is 4.79 Å². The Morgan fingerprint density at radius 2 is 1.46 bits per heavy atom. The smallest absolute Gasteiger partial charge is 0.185 e. The number of nitrogens with zero attached hydrogens (tertiary/aromatic N) is 3. The summed E-state index contributed by atoms with van der Waals surface area (Å²) in [4.78, 5) is 12.4. The molecule has 6 rings (SSSR count). The van der Waals surface area contributed by atoms with Gasteiger partial charge in [-0.25, -0.2) is 17.6 Å². The lowest BCUT2D eigenvalue weighted by molar-refractivity contribution is -0.169. The lowest BCUT2D eigenvalue weighted by Crippen LogP contribution is -2.46. The number of rotatable bonds is 5. The zero-order valence-corrected chi connectivity index (χ0v) is 20.9. The van der Waals surface area contributed by atoms with E-state index in [1.807, 2.05) is 6.07 Å². The van der Waals surface area contributed by atoms with E-state index >= 15 is 17.6 Å². The minimum absolute atomic E-state index is 0.00637. The van der Waals surface area contributed by atoms with Gasteiger partial charge in [-0.15, -0.1) is 0 Å². The van der Waals surface area contributed by atoms with Crippen molar-refractivity contribution in [3.63, 3.8) is 0 Å². The highest BCUT2D eigenvalue weighted by molar-refractivity contribution is 6.03. The van der Waals surface area contributed by atoms with E-state index in [1.165, 1.54) is 22.0 Å². The number of hydrogen-bond acceptors (Lipinski definition) is 6. The molecule has 3 heterocycles. The fourth-order valence-electron chi connectivity index (χ4n) is 5.55. The van der Waals surface area contributed by atoms with E-state index in [-0.39, 0.29) is 19.5 Å². The first-order valence-electron chi connectivity index (χ1n) is 12.8. The Morgan fingerprint density at radius 1 is 0.846 bits per heavy atom. The van der Waals surface area contributed by atoms with Crippen molar-refractivity contribution in [2.24, 2.45) is 5.10 Å². The Balaban J connectivity index is 1.38. The van der Waals surface area contributed by atoms with Gasteiger partial charge in [0, 0.05) is 37.9 Å². The summed E-state index contributed by atoms with van der Waals surface area (Å²) < 4.78 is 74.0. The number of aldehydes is 1. The highest BCUT2D eigenvalue weighted by atomic mass is 19.2. The molecule has 0 radical (unpaired) electrons. The quantitative estimate of drug-likeness (QED) is 0.235. The number of benzene rings is 3. The van der Waals surface area contributed by atoms with Gasteiger partial charge < -0.3 is 14.4 Å². The van der Waals surface area contributed by atoms with E-state index in [1.54, 1.807) is 36.4 Å². The molecule has 1 unspecified atom stereocenters. The molecule has 0 aromatic heterocycles. The molecule has 3 aromatic carbocycles. The third-order valence-electron chi connectivity index (χ3n) is 7.57. The number of carbonyl (C=O) groups excluding carboxylic acids is 1. The number of hydrogen-bond donors (Lipinski definition) is 0. The highest BCUT2D eigenvalue weighted by Crippen LogP contribution is 2.43. The number of ether oxygens (including phenoxy) is 2. The Kier molecular flexibility index (Phi) is 6.60. The number of piperidine rings is 1. The first-order chi connectivity index (χ1) is 18.9. The van der Waals surface area contributed by atoms with Crippen LogP contribution in [0.1, 0.15) is 46.8 Å². The van der Waals surface area contributed by atoms with Crippen LogP contribution in [-0.4, -0.2) is 44.1 Å². The summed E-state index contributed by atoms with van der Waals surface area (Å²) in [6.07, 6.45) is 1.31. The molecule has 39 heavy (non-hydrogen) atoms. The molecule has 3 aliphatic heterocycles. The van der Waals surface area contributed by atoms with Crippen molar-refractivity contribution < 1.29 is 31.8 Å². The van der Waals surface area contributed by atoms with Gasteiger partial charge in [0.2, 0.25) is 0 Å². The summed E-state index contributed by atoms with van der Waals surface area (Å²) in [5.74, 6) is -6.62. The van der Waals surface area contributed by atoms with Gasteiger partial charge in [-0.2, -0.15) is 5.10 Å². The Morgan fingerprint density at radius 3 is 2.05 bits per heavy atom. The molecule has 0 bridgehead atoms.